The summed E-state index contributed by atoms with van der Waals surface area (Å²) in [6, 6.07) is 3.23. The summed E-state index contributed by atoms with van der Waals surface area (Å²) in [5.74, 6) is -5.03. The minimum atomic E-state index is -2.45. The van der Waals surface area contributed by atoms with Crippen LogP contribution in [0.4, 0.5) is 0 Å². The summed E-state index contributed by atoms with van der Waals surface area (Å²) in [5, 5.41) is 43.4. The predicted octanol–water partition coefficient (Wildman–Crippen LogP) is 3.64. The molecule has 0 amide bonds. The molecule has 4 N–H and O–H groups in total. The summed E-state index contributed by atoms with van der Waals surface area (Å²) < 4.78 is 0. The number of carbonyl (C=O) groups excluding carboxylic acids is 3. The van der Waals surface area contributed by atoms with Gasteiger partial charge in [-0.25, -0.2) is 0 Å². The van der Waals surface area contributed by atoms with Crippen LogP contribution >= 0.6 is 0 Å². The van der Waals surface area contributed by atoms with Crippen LogP contribution in [0.25, 0.3) is 6.08 Å². The number of benzene rings is 1. The summed E-state index contributed by atoms with van der Waals surface area (Å²) in [6.45, 7) is 1.53. The van der Waals surface area contributed by atoms with Gasteiger partial charge in [-0.1, -0.05) is 24.6 Å². The lowest BCUT2D eigenvalue weighted by Gasteiger charge is -2.45. The molecular weight excluding hydrogens is 424 g/mol. The molecule has 1 saturated carbocycles. The van der Waals surface area contributed by atoms with Gasteiger partial charge in [0, 0.05) is 24.3 Å². The fourth-order valence-electron chi connectivity index (χ4n) is 5.73. The fourth-order valence-corrected chi connectivity index (χ4v) is 5.73. The van der Waals surface area contributed by atoms with E-state index in [4.69, 9.17) is 0 Å². The van der Waals surface area contributed by atoms with E-state index in [-0.39, 0.29) is 41.9 Å². The number of aliphatic hydroxyl groups is 3. The van der Waals surface area contributed by atoms with Crippen molar-refractivity contribution in [2.45, 2.75) is 57.5 Å². The molecule has 4 aliphatic carbocycles. The second kappa shape index (κ2) is 7.42. The number of phenols is 1. The van der Waals surface area contributed by atoms with Crippen LogP contribution in [-0.2, 0) is 16.0 Å². The highest BCUT2D eigenvalue weighted by molar-refractivity contribution is 6.25. The van der Waals surface area contributed by atoms with Crippen LogP contribution in [0.2, 0.25) is 0 Å². The molecule has 3 atom stereocenters. The van der Waals surface area contributed by atoms with Crippen LogP contribution in [0.1, 0.15) is 66.9 Å². The van der Waals surface area contributed by atoms with E-state index in [1.165, 1.54) is 18.6 Å². The highest BCUT2D eigenvalue weighted by Gasteiger charge is 2.59. The van der Waals surface area contributed by atoms with Crippen LogP contribution < -0.4 is 0 Å². The lowest BCUT2D eigenvalue weighted by atomic mass is 9.59. The number of phenolic OH excluding ortho intramolecular Hbond substituents is 1. The third kappa shape index (κ3) is 2.95. The maximum atomic E-state index is 13.5. The Morgan fingerprint density at radius 3 is 2.52 bits per heavy atom. The molecular formula is C26H26O7. The van der Waals surface area contributed by atoms with Gasteiger partial charge in [0.1, 0.15) is 22.8 Å². The molecule has 0 heterocycles. The zero-order valence-electron chi connectivity index (χ0n) is 18.4. The third-order valence-corrected chi connectivity index (χ3v) is 7.69. The number of Topliss-reactive ketones (excluding diaryl/α,β-unsaturated/α-hetero) is 3. The van der Waals surface area contributed by atoms with Crippen LogP contribution in [0.5, 0.6) is 5.75 Å². The quantitative estimate of drug-likeness (QED) is 0.517. The smallest absolute Gasteiger partial charge is 0.209 e. The minimum Gasteiger partial charge on any atom is -0.511 e. The summed E-state index contributed by atoms with van der Waals surface area (Å²) in [6.07, 6.45) is 5.50. The molecule has 1 fully saturated rings. The standard InChI is InChI=1S/C26H26O7/c1-2-17(27)22-19(29)11-15-9-14-10-16-13(8-12-4-3-5-12)6-7-18(28)21(16)23(30)20(14)24(31)26(15,33)25(22)32/h6-8,14-15,28-29,31,33H,2-5,9-11H2,1H3. The summed E-state index contributed by atoms with van der Waals surface area (Å²) in [5.41, 5.74) is -0.162. The van der Waals surface area contributed by atoms with E-state index in [2.05, 4.69) is 0 Å². The van der Waals surface area contributed by atoms with E-state index in [0.29, 0.717) is 12.0 Å². The van der Waals surface area contributed by atoms with Gasteiger partial charge in [0.25, 0.3) is 0 Å². The number of aliphatic hydroxyl groups excluding tert-OH is 2. The molecule has 1 aromatic rings. The first kappa shape index (κ1) is 21.6. The first-order valence-electron chi connectivity index (χ1n) is 11.4. The molecule has 4 aliphatic rings. The average molecular weight is 450 g/mol. The molecule has 7 heteroatoms. The first-order chi connectivity index (χ1) is 15.7. The summed E-state index contributed by atoms with van der Waals surface area (Å²) in [4.78, 5) is 38.9. The molecule has 3 unspecified atom stereocenters. The molecule has 33 heavy (non-hydrogen) atoms. The van der Waals surface area contributed by atoms with Gasteiger partial charge in [-0.2, -0.15) is 0 Å². The summed E-state index contributed by atoms with van der Waals surface area (Å²) in [7, 11) is 0. The van der Waals surface area contributed by atoms with Crippen LogP contribution in [0, 0.1) is 11.8 Å². The molecule has 0 aliphatic heterocycles. The van der Waals surface area contributed by atoms with Crippen LogP contribution in [0.15, 0.2) is 40.4 Å². The van der Waals surface area contributed by atoms with Gasteiger partial charge < -0.3 is 20.4 Å². The van der Waals surface area contributed by atoms with Crippen molar-refractivity contribution >= 4 is 23.4 Å². The van der Waals surface area contributed by atoms with Crippen molar-refractivity contribution in [3.8, 4) is 5.75 Å². The number of carbonyl (C=O) groups is 3. The Morgan fingerprint density at radius 2 is 1.88 bits per heavy atom. The molecule has 0 bridgehead atoms. The number of ketones is 3. The second-order valence-electron chi connectivity index (χ2n) is 9.51. The number of fused-ring (bicyclic) bond motifs is 3. The molecule has 0 spiro atoms. The third-order valence-electron chi connectivity index (χ3n) is 7.69. The first-order valence-corrected chi connectivity index (χ1v) is 11.4. The molecule has 1 aromatic carbocycles. The number of hydrogen-bond donors (Lipinski definition) is 4. The van der Waals surface area contributed by atoms with Gasteiger partial charge in [-0.05, 0) is 55.2 Å². The fraction of sp³-hybridized carbons (Fsp3) is 0.423. The molecule has 0 radical (unpaired) electrons. The maximum Gasteiger partial charge on any atom is 0.209 e. The van der Waals surface area contributed by atoms with E-state index in [9.17, 15) is 34.8 Å². The van der Waals surface area contributed by atoms with Crippen LogP contribution in [0.3, 0.4) is 0 Å². The zero-order chi connectivity index (χ0) is 23.7. The van der Waals surface area contributed by atoms with E-state index in [1.54, 1.807) is 6.07 Å². The summed E-state index contributed by atoms with van der Waals surface area (Å²) >= 11 is 0. The number of hydrogen-bond acceptors (Lipinski definition) is 7. The Labute approximate surface area is 190 Å². The zero-order valence-corrected chi connectivity index (χ0v) is 18.4. The Hall–Kier alpha value is -3.19. The van der Waals surface area contributed by atoms with Crippen molar-refractivity contribution in [3.05, 3.63) is 57.1 Å². The minimum absolute atomic E-state index is 0.0513. The van der Waals surface area contributed by atoms with Gasteiger partial charge in [0.15, 0.2) is 17.2 Å². The molecule has 7 nitrogen and oxygen atoms in total. The van der Waals surface area contributed by atoms with Gasteiger partial charge in [0.05, 0.1) is 5.56 Å². The van der Waals surface area contributed by atoms with Gasteiger partial charge in [-0.3, -0.25) is 14.4 Å². The number of allylic oxidation sites excluding steroid dienone is 3. The van der Waals surface area contributed by atoms with Gasteiger partial charge >= 0.3 is 0 Å². The Kier molecular flexibility index (Phi) is 4.86. The van der Waals surface area contributed by atoms with Crippen molar-refractivity contribution < 1.29 is 34.8 Å². The molecule has 5 rings (SSSR count). The van der Waals surface area contributed by atoms with Crippen molar-refractivity contribution in [2.24, 2.45) is 11.8 Å². The largest absolute Gasteiger partial charge is 0.511 e. The van der Waals surface area contributed by atoms with Gasteiger partial charge in [-0.15, -0.1) is 0 Å². The normalized spacial score (nSPS) is 28.7. The Morgan fingerprint density at radius 1 is 1.15 bits per heavy atom. The number of rotatable bonds is 3. The lowest BCUT2D eigenvalue weighted by molar-refractivity contribution is -0.144. The molecule has 0 saturated heterocycles. The van der Waals surface area contributed by atoms with Crippen molar-refractivity contribution in [2.75, 3.05) is 0 Å². The van der Waals surface area contributed by atoms with E-state index >= 15 is 0 Å². The Balaban J connectivity index is 1.64. The van der Waals surface area contributed by atoms with E-state index in [0.717, 1.165) is 24.8 Å². The lowest BCUT2D eigenvalue weighted by Crippen LogP contribution is -2.56. The van der Waals surface area contributed by atoms with Crippen molar-refractivity contribution in [3.63, 3.8) is 0 Å². The highest BCUT2D eigenvalue weighted by Crippen LogP contribution is 2.52. The Bertz CT molecular complexity index is 1210. The maximum absolute atomic E-state index is 13.5. The monoisotopic (exact) mass is 450 g/mol. The predicted molar refractivity (Wildman–Crippen MR) is 119 cm³/mol. The highest BCUT2D eigenvalue weighted by atomic mass is 16.3. The van der Waals surface area contributed by atoms with Crippen LogP contribution in [-0.4, -0.2) is 43.4 Å². The average Bonchev–Trinajstić information content (AvgIpc) is 2.74. The SMILES string of the molecule is CCC(=O)C1=C(O)CC2CC3Cc4c(C=C5CCC5)ccc(O)c4C(=O)C3=C(O)C2(O)C1=O. The molecule has 172 valence electrons. The van der Waals surface area contributed by atoms with E-state index < -0.39 is 46.1 Å². The van der Waals surface area contributed by atoms with Crippen molar-refractivity contribution in [1.82, 2.24) is 0 Å². The van der Waals surface area contributed by atoms with Crippen molar-refractivity contribution in [1.29, 1.82) is 0 Å². The number of aromatic hydroxyl groups is 1. The molecule has 0 aromatic heterocycles. The topological polar surface area (TPSA) is 132 Å². The second-order valence-corrected chi connectivity index (χ2v) is 9.51. The van der Waals surface area contributed by atoms with Gasteiger partial charge in [0.2, 0.25) is 5.78 Å². The van der Waals surface area contributed by atoms with E-state index in [1.807, 2.05) is 6.08 Å².